The molecule has 2 nitrogen and oxygen atoms in total. The van der Waals surface area contributed by atoms with E-state index in [0.717, 1.165) is 11.8 Å². The largest absolute Gasteiger partial charge is 0.466 e. The Hall–Kier alpha value is -0.530. The SMILES string of the molecule is CC(=O)OCC1C(C)(C)CCCC12CC(C)C(C)C2. The third-order valence-corrected chi connectivity index (χ3v) is 6.06. The van der Waals surface area contributed by atoms with Gasteiger partial charge in [-0.25, -0.2) is 0 Å². The molecule has 0 bridgehead atoms. The first-order valence-electron chi connectivity index (χ1n) is 7.90. The molecule has 2 heteroatoms. The van der Waals surface area contributed by atoms with Crippen LogP contribution in [0.2, 0.25) is 0 Å². The summed E-state index contributed by atoms with van der Waals surface area (Å²) in [7, 11) is 0. The number of esters is 1. The van der Waals surface area contributed by atoms with Crippen molar-refractivity contribution in [1.29, 1.82) is 0 Å². The Bertz CT molecular complexity index is 335. The molecule has 0 N–H and O–H groups in total. The average molecular weight is 266 g/mol. The van der Waals surface area contributed by atoms with Gasteiger partial charge in [0.25, 0.3) is 0 Å². The van der Waals surface area contributed by atoms with Crippen molar-refractivity contribution in [3.8, 4) is 0 Å². The number of hydrogen-bond acceptors (Lipinski definition) is 2. The van der Waals surface area contributed by atoms with Crippen LogP contribution in [0, 0.1) is 28.6 Å². The molecule has 110 valence electrons. The molecule has 3 unspecified atom stereocenters. The summed E-state index contributed by atoms with van der Waals surface area (Å²) < 4.78 is 5.44. The smallest absolute Gasteiger partial charge is 0.302 e. The van der Waals surface area contributed by atoms with Crippen molar-refractivity contribution in [3.63, 3.8) is 0 Å². The van der Waals surface area contributed by atoms with E-state index in [1.54, 1.807) is 0 Å². The quantitative estimate of drug-likeness (QED) is 0.691. The predicted molar refractivity (Wildman–Crippen MR) is 77.8 cm³/mol. The predicted octanol–water partition coefficient (Wildman–Crippen LogP) is 4.43. The zero-order chi connectivity index (χ0) is 14.3. The van der Waals surface area contributed by atoms with Crippen LogP contribution in [-0.2, 0) is 9.53 Å². The maximum absolute atomic E-state index is 11.2. The third kappa shape index (κ3) is 2.83. The zero-order valence-corrected chi connectivity index (χ0v) is 13.3. The summed E-state index contributed by atoms with van der Waals surface area (Å²) in [5.74, 6) is 2.03. The lowest BCUT2D eigenvalue weighted by Crippen LogP contribution is -2.45. The van der Waals surface area contributed by atoms with Gasteiger partial charge in [-0.3, -0.25) is 4.79 Å². The van der Waals surface area contributed by atoms with Crippen LogP contribution in [0.25, 0.3) is 0 Å². The normalized spacial score (nSPS) is 41.4. The van der Waals surface area contributed by atoms with Crippen molar-refractivity contribution in [2.75, 3.05) is 6.61 Å². The summed E-state index contributed by atoms with van der Waals surface area (Å²) in [5.41, 5.74) is 0.730. The molecule has 0 aliphatic heterocycles. The monoisotopic (exact) mass is 266 g/mol. The Kier molecular flexibility index (Phi) is 3.99. The minimum Gasteiger partial charge on any atom is -0.466 e. The molecule has 2 aliphatic rings. The van der Waals surface area contributed by atoms with Crippen LogP contribution < -0.4 is 0 Å². The number of carbonyl (C=O) groups is 1. The molecule has 1 spiro atoms. The summed E-state index contributed by atoms with van der Waals surface area (Å²) in [5, 5.41) is 0. The van der Waals surface area contributed by atoms with Crippen LogP contribution in [0.15, 0.2) is 0 Å². The van der Waals surface area contributed by atoms with Gasteiger partial charge in [-0.1, -0.05) is 34.1 Å². The molecule has 19 heavy (non-hydrogen) atoms. The van der Waals surface area contributed by atoms with E-state index in [-0.39, 0.29) is 5.97 Å². The number of carbonyl (C=O) groups excluding carboxylic acids is 1. The number of hydrogen-bond donors (Lipinski definition) is 0. The highest BCUT2D eigenvalue weighted by Crippen LogP contribution is 2.61. The van der Waals surface area contributed by atoms with Crippen molar-refractivity contribution in [3.05, 3.63) is 0 Å². The zero-order valence-electron chi connectivity index (χ0n) is 13.3. The second kappa shape index (κ2) is 5.10. The Balaban J connectivity index is 2.21. The molecule has 2 saturated carbocycles. The third-order valence-electron chi connectivity index (χ3n) is 6.06. The lowest BCUT2D eigenvalue weighted by atomic mass is 9.55. The van der Waals surface area contributed by atoms with Crippen molar-refractivity contribution < 1.29 is 9.53 Å². The Morgan fingerprint density at radius 1 is 1.16 bits per heavy atom. The van der Waals surface area contributed by atoms with Crippen LogP contribution >= 0.6 is 0 Å². The van der Waals surface area contributed by atoms with Gasteiger partial charge >= 0.3 is 5.97 Å². The van der Waals surface area contributed by atoms with E-state index in [4.69, 9.17) is 4.74 Å². The molecule has 2 fully saturated rings. The molecule has 0 radical (unpaired) electrons. The minimum absolute atomic E-state index is 0.129. The van der Waals surface area contributed by atoms with Gasteiger partial charge in [0.05, 0.1) is 6.61 Å². The fraction of sp³-hybridized carbons (Fsp3) is 0.941. The van der Waals surface area contributed by atoms with E-state index in [1.807, 2.05) is 0 Å². The Morgan fingerprint density at radius 2 is 1.74 bits per heavy atom. The van der Waals surface area contributed by atoms with Gasteiger partial charge in [0.15, 0.2) is 0 Å². The summed E-state index contributed by atoms with van der Waals surface area (Å²) in [6, 6.07) is 0. The summed E-state index contributed by atoms with van der Waals surface area (Å²) in [4.78, 5) is 11.2. The molecule has 0 aromatic carbocycles. The molecule has 0 heterocycles. The lowest BCUT2D eigenvalue weighted by molar-refractivity contribution is -0.148. The molecule has 2 aliphatic carbocycles. The first kappa shape index (κ1) is 14.9. The van der Waals surface area contributed by atoms with E-state index < -0.39 is 0 Å². The van der Waals surface area contributed by atoms with E-state index in [1.165, 1.54) is 39.0 Å². The van der Waals surface area contributed by atoms with Crippen LogP contribution in [-0.4, -0.2) is 12.6 Å². The fourth-order valence-corrected chi connectivity index (χ4v) is 4.93. The van der Waals surface area contributed by atoms with Crippen LogP contribution in [0.4, 0.5) is 0 Å². The Labute approximate surface area is 118 Å². The summed E-state index contributed by atoms with van der Waals surface area (Å²) >= 11 is 0. The van der Waals surface area contributed by atoms with Gasteiger partial charge in [0, 0.05) is 12.8 Å². The molecule has 0 aromatic heterocycles. The number of rotatable bonds is 2. The Morgan fingerprint density at radius 3 is 2.26 bits per heavy atom. The average Bonchev–Trinajstić information content (AvgIpc) is 2.52. The topological polar surface area (TPSA) is 26.3 Å². The van der Waals surface area contributed by atoms with Crippen molar-refractivity contribution in [2.24, 2.45) is 28.6 Å². The van der Waals surface area contributed by atoms with Gasteiger partial charge in [-0.15, -0.1) is 0 Å². The van der Waals surface area contributed by atoms with E-state index in [0.29, 0.717) is 23.4 Å². The molecule has 3 atom stereocenters. The number of ether oxygens (including phenoxy) is 1. The van der Waals surface area contributed by atoms with E-state index >= 15 is 0 Å². The van der Waals surface area contributed by atoms with E-state index in [2.05, 4.69) is 27.7 Å². The first-order chi connectivity index (χ1) is 8.77. The standard InChI is InChI=1S/C17H30O2/c1-12-9-17(10-13(12)2)8-6-7-16(4,5)15(17)11-19-14(3)18/h12-13,15H,6-11H2,1-5H3. The van der Waals surface area contributed by atoms with Crippen molar-refractivity contribution in [1.82, 2.24) is 0 Å². The maximum atomic E-state index is 11.2. The molecule has 0 saturated heterocycles. The van der Waals surface area contributed by atoms with Crippen LogP contribution in [0.5, 0.6) is 0 Å². The highest BCUT2D eigenvalue weighted by molar-refractivity contribution is 5.65. The van der Waals surface area contributed by atoms with Gasteiger partial charge in [0.2, 0.25) is 0 Å². The summed E-state index contributed by atoms with van der Waals surface area (Å²) in [6.07, 6.45) is 6.58. The molecular weight excluding hydrogens is 236 g/mol. The summed E-state index contributed by atoms with van der Waals surface area (Å²) in [6.45, 7) is 11.7. The van der Waals surface area contributed by atoms with Gasteiger partial charge < -0.3 is 4.74 Å². The molecule has 2 rings (SSSR count). The highest BCUT2D eigenvalue weighted by atomic mass is 16.5. The van der Waals surface area contributed by atoms with Crippen molar-refractivity contribution in [2.45, 2.75) is 66.7 Å². The molecule has 0 aromatic rings. The minimum atomic E-state index is -0.129. The second-order valence-corrected chi connectivity index (χ2v) is 7.92. The van der Waals surface area contributed by atoms with E-state index in [9.17, 15) is 4.79 Å². The highest BCUT2D eigenvalue weighted by Gasteiger charge is 2.53. The van der Waals surface area contributed by atoms with Gasteiger partial charge in [-0.2, -0.15) is 0 Å². The van der Waals surface area contributed by atoms with Gasteiger partial charge in [-0.05, 0) is 48.3 Å². The first-order valence-corrected chi connectivity index (χ1v) is 7.90. The van der Waals surface area contributed by atoms with Gasteiger partial charge in [0.1, 0.15) is 0 Å². The molecule has 0 amide bonds. The second-order valence-electron chi connectivity index (χ2n) is 7.92. The fourth-order valence-electron chi connectivity index (χ4n) is 4.93. The maximum Gasteiger partial charge on any atom is 0.302 e. The van der Waals surface area contributed by atoms with Crippen LogP contribution in [0.3, 0.4) is 0 Å². The molecular formula is C17H30O2. The van der Waals surface area contributed by atoms with Crippen molar-refractivity contribution >= 4 is 5.97 Å². The lowest BCUT2D eigenvalue weighted by Gasteiger charge is -2.51. The van der Waals surface area contributed by atoms with Crippen LogP contribution in [0.1, 0.15) is 66.7 Å².